The molecule has 0 aromatic heterocycles. The molecule has 0 bridgehead atoms. The number of nitrogens with zero attached hydrogens (tertiary/aromatic N) is 3. The number of rotatable bonds is 2. The molecule has 2 aromatic rings. The van der Waals surface area contributed by atoms with E-state index in [1.54, 1.807) is 19.1 Å². The van der Waals surface area contributed by atoms with E-state index in [0.29, 0.717) is 29.2 Å². The van der Waals surface area contributed by atoms with E-state index in [-0.39, 0.29) is 17.4 Å². The molecule has 0 unspecified atom stereocenters. The van der Waals surface area contributed by atoms with Gasteiger partial charge in [-0.25, -0.2) is 0 Å². The number of nitro benzene ring substituents is 1. The van der Waals surface area contributed by atoms with Crippen molar-refractivity contribution < 1.29 is 14.4 Å². The van der Waals surface area contributed by atoms with Crippen molar-refractivity contribution in [2.45, 2.75) is 20.3 Å². The van der Waals surface area contributed by atoms with Crippen LogP contribution in [0.4, 0.5) is 5.69 Å². The van der Waals surface area contributed by atoms with E-state index in [0.717, 1.165) is 22.4 Å². The Balaban J connectivity index is 1.88. The van der Waals surface area contributed by atoms with E-state index in [9.17, 15) is 10.1 Å². The number of nitro groups is 1. The zero-order valence-corrected chi connectivity index (χ0v) is 13.8. The van der Waals surface area contributed by atoms with Crippen LogP contribution >= 0.6 is 0 Å². The van der Waals surface area contributed by atoms with Crippen molar-refractivity contribution >= 4 is 17.1 Å². The van der Waals surface area contributed by atoms with E-state index < -0.39 is 0 Å². The van der Waals surface area contributed by atoms with Crippen LogP contribution in [0.2, 0.25) is 0 Å². The van der Waals surface area contributed by atoms with Crippen LogP contribution in [-0.4, -0.2) is 23.1 Å². The molecule has 7 nitrogen and oxygen atoms in total. The van der Waals surface area contributed by atoms with E-state index in [2.05, 4.69) is 10.2 Å². The summed E-state index contributed by atoms with van der Waals surface area (Å²) in [4.78, 5) is 10.7. The Bertz CT molecular complexity index is 963. The van der Waals surface area contributed by atoms with Crippen LogP contribution in [0.25, 0.3) is 0 Å². The molecule has 2 aliphatic heterocycles. The highest BCUT2D eigenvalue weighted by Gasteiger charge is 2.23. The molecule has 0 saturated heterocycles. The van der Waals surface area contributed by atoms with Crippen molar-refractivity contribution in [3.05, 3.63) is 62.7 Å². The summed E-state index contributed by atoms with van der Waals surface area (Å²) >= 11 is 0. The lowest BCUT2D eigenvalue weighted by Gasteiger charge is -2.11. The van der Waals surface area contributed by atoms with Gasteiger partial charge in [0.15, 0.2) is 11.5 Å². The maximum absolute atomic E-state index is 11.1. The van der Waals surface area contributed by atoms with Crippen LogP contribution in [0.15, 0.2) is 40.5 Å². The predicted octanol–water partition coefficient (Wildman–Crippen LogP) is 3.40. The summed E-state index contributed by atoms with van der Waals surface area (Å²) in [6, 6.07) is 8.83. The standard InChI is InChI=1S/C18H15N3O4/c1-10-5-12(3-4-15(10)21(22)23)18-14-8-17-16(24-9-25-17)7-13(14)6-11(2)19-20-18/h3-5,7-8H,6,9H2,1-2H3. The molecule has 0 fully saturated rings. The smallest absolute Gasteiger partial charge is 0.272 e. The first-order valence-electron chi connectivity index (χ1n) is 7.82. The lowest BCUT2D eigenvalue weighted by atomic mass is 9.93. The second-order valence-electron chi connectivity index (χ2n) is 6.08. The molecule has 25 heavy (non-hydrogen) atoms. The molecule has 0 radical (unpaired) electrons. The van der Waals surface area contributed by atoms with Gasteiger partial charge in [-0.1, -0.05) is 0 Å². The minimum Gasteiger partial charge on any atom is -0.454 e. The van der Waals surface area contributed by atoms with Crippen LogP contribution < -0.4 is 9.47 Å². The SMILES string of the molecule is CC1=NN=C(c2ccc([N+](=O)[O-])c(C)c2)c2cc3c(cc2C1)OCO3. The van der Waals surface area contributed by atoms with E-state index in [4.69, 9.17) is 9.47 Å². The van der Waals surface area contributed by atoms with E-state index in [1.807, 2.05) is 19.1 Å². The number of hydrogen-bond acceptors (Lipinski definition) is 6. The van der Waals surface area contributed by atoms with Gasteiger partial charge in [0.25, 0.3) is 5.69 Å². The zero-order valence-electron chi connectivity index (χ0n) is 13.8. The molecule has 0 spiro atoms. The highest BCUT2D eigenvalue weighted by molar-refractivity contribution is 6.15. The van der Waals surface area contributed by atoms with Crippen molar-refractivity contribution in [3.63, 3.8) is 0 Å². The topological polar surface area (TPSA) is 86.3 Å². The lowest BCUT2D eigenvalue weighted by Crippen LogP contribution is -2.07. The van der Waals surface area contributed by atoms with Gasteiger partial charge in [0.2, 0.25) is 6.79 Å². The van der Waals surface area contributed by atoms with Gasteiger partial charge in [0.05, 0.1) is 4.92 Å². The highest BCUT2D eigenvalue weighted by Crippen LogP contribution is 2.37. The molecule has 2 aromatic carbocycles. The lowest BCUT2D eigenvalue weighted by molar-refractivity contribution is -0.385. The molecular formula is C18H15N3O4. The van der Waals surface area contributed by atoms with E-state index >= 15 is 0 Å². The Morgan fingerprint density at radius 1 is 1.08 bits per heavy atom. The highest BCUT2D eigenvalue weighted by atomic mass is 16.7. The Kier molecular flexibility index (Phi) is 3.49. The van der Waals surface area contributed by atoms with Crippen LogP contribution in [0, 0.1) is 17.0 Å². The summed E-state index contributed by atoms with van der Waals surface area (Å²) in [5, 5.41) is 19.7. The molecule has 2 heterocycles. The number of aryl methyl sites for hydroxylation is 1. The molecule has 2 aliphatic rings. The third-order valence-corrected chi connectivity index (χ3v) is 4.29. The molecule has 0 aliphatic carbocycles. The van der Waals surface area contributed by atoms with Crippen LogP contribution in [-0.2, 0) is 6.42 Å². The van der Waals surface area contributed by atoms with Crippen LogP contribution in [0.3, 0.4) is 0 Å². The fourth-order valence-electron chi connectivity index (χ4n) is 3.07. The summed E-state index contributed by atoms with van der Waals surface area (Å²) in [5.74, 6) is 1.39. The molecule has 0 atom stereocenters. The van der Waals surface area contributed by atoms with Gasteiger partial charge in [-0.15, -0.1) is 5.10 Å². The first kappa shape index (κ1) is 15.3. The molecule has 4 rings (SSSR count). The second kappa shape index (κ2) is 5.70. The maximum atomic E-state index is 11.1. The van der Waals surface area contributed by atoms with Crippen LogP contribution in [0.1, 0.15) is 29.2 Å². The third kappa shape index (κ3) is 2.63. The number of fused-ring (bicyclic) bond motifs is 2. The first-order valence-corrected chi connectivity index (χ1v) is 7.82. The van der Waals surface area contributed by atoms with Crippen molar-refractivity contribution in [2.24, 2.45) is 10.2 Å². The van der Waals surface area contributed by atoms with Crippen molar-refractivity contribution in [1.29, 1.82) is 0 Å². The Morgan fingerprint density at radius 2 is 1.84 bits per heavy atom. The van der Waals surface area contributed by atoms with Gasteiger partial charge in [0.1, 0.15) is 5.71 Å². The largest absolute Gasteiger partial charge is 0.454 e. The number of benzene rings is 2. The number of ether oxygens (including phenoxy) is 2. The summed E-state index contributed by atoms with van der Waals surface area (Å²) in [6.45, 7) is 3.84. The molecule has 0 N–H and O–H groups in total. The Morgan fingerprint density at radius 3 is 2.56 bits per heavy atom. The Labute approximate surface area is 143 Å². The number of hydrogen-bond donors (Lipinski definition) is 0. The molecular weight excluding hydrogens is 322 g/mol. The maximum Gasteiger partial charge on any atom is 0.272 e. The normalized spacial score (nSPS) is 15.1. The van der Waals surface area contributed by atoms with Gasteiger partial charge >= 0.3 is 0 Å². The summed E-state index contributed by atoms with van der Waals surface area (Å²) in [5.41, 5.74) is 4.94. The van der Waals surface area contributed by atoms with Gasteiger partial charge in [-0.2, -0.15) is 5.10 Å². The fourth-order valence-corrected chi connectivity index (χ4v) is 3.07. The zero-order chi connectivity index (χ0) is 17.6. The van der Waals surface area contributed by atoms with Gasteiger partial charge in [-0.3, -0.25) is 10.1 Å². The van der Waals surface area contributed by atoms with Crippen molar-refractivity contribution in [2.75, 3.05) is 6.79 Å². The summed E-state index contributed by atoms with van der Waals surface area (Å²) < 4.78 is 11.0. The molecule has 0 saturated carbocycles. The predicted molar refractivity (Wildman–Crippen MR) is 92.9 cm³/mol. The molecule has 7 heteroatoms. The minimum atomic E-state index is -0.387. The molecule has 0 amide bonds. The third-order valence-electron chi connectivity index (χ3n) is 4.29. The van der Waals surface area contributed by atoms with Gasteiger partial charge < -0.3 is 9.47 Å². The summed E-state index contributed by atoms with van der Waals surface area (Å²) in [7, 11) is 0. The Hall–Kier alpha value is -3.22. The van der Waals surface area contributed by atoms with E-state index in [1.165, 1.54) is 6.07 Å². The van der Waals surface area contributed by atoms with Crippen molar-refractivity contribution in [3.8, 4) is 11.5 Å². The second-order valence-corrected chi connectivity index (χ2v) is 6.08. The monoisotopic (exact) mass is 337 g/mol. The average molecular weight is 337 g/mol. The average Bonchev–Trinajstić information content (AvgIpc) is 2.95. The van der Waals surface area contributed by atoms with Crippen molar-refractivity contribution in [1.82, 2.24) is 0 Å². The first-order chi connectivity index (χ1) is 12.0. The molecule has 126 valence electrons. The van der Waals surface area contributed by atoms with Gasteiger partial charge in [-0.05, 0) is 43.7 Å². The quantitative estimate of drug-likeness (QED) is 0.621. The van der Waals surface area contributed by atoms with Crippen LogP contribution in [0.5, 0.6) is 11.5 Å². The van der Waals surface area contributed by atoms with Gasteiger partial charge in [0, 0.05) is 34.9 Å². The minimum absolute atomic E-state index is 0.0866. The fraction of sp³-hybridized carbons (Fsp3) is 0.222. The summed E-state index contributed by atoms with van der Waals surface area (Å²) in [6.07, 6.45) is 0.658.